The Morgan fingerprint density at radius 1 is 1.26 bits per heavy atom. The fraction of sp³-hybridized carbons (Fsp3) is 0.294. The van der Waals surface area contributed by atoms with Gasteiger partial charge in [-0.05, 0) is 48.6 Å². The molecule has 120 valence electrons. The second-order valence-electron chi connectivity index (χ2n) is 5.50. The van der Waals surface area contributed by atoms with Crippen LogP contribution in [0.2, 0.25) is 5.02 Å². The van der Waals surface area contributed by atoms with E-state index in [1.54, 1.807) is 40.5 Å². The third-order valence-electron chi connectivity index (χ3n) is 3.89. The Morgan fingerprint density at radius 2 is 2.04 bits per heavy atom. The number of hydrogen-bond acceptors (Lipinski definition) is 3. The quantitative estimate of drug-likeness (QED) is 0.918. The molecule has 2 aromatic rings. The molecule has 0 saturated carbocycles. The van der Waals surface area contributed by atoms with Gasteiger partial charge in [-0.2, -0.15) is 0 Å². The van der Waals surface area contributed by atoms with Crippen molar-refractivity contribution >= 4 is 40.4 Å². The summed E-state index contributed by atoms with van der Waals surface area (Å²) in [4.78, 5) is 27.7. The van der Waals surface area contributed by atoms with Crippen LogP contribution in [0.15, 0.2) is 41.8 Å². The van der Waals surface area contributed by atoms with Crippen molar-refractivity contribution in [1.29, 1.82) is 0 Å². The lowest BCUT2D eigenvalue weighted by Gasteiger charge is -2.24. The number of thiophene rings is 1. The lowest BCUT2D eigenvalue weighted by atomic mass is 10.2. The molecule has 1 saturated heterocycles. The molecule has 3 rings (SSSR count). The molecule has 1 N–H and O–H groups in total. The number of anilines is 1. The number of hydrogen-bond donors (Lipinski definition) is 1. The highest BCUT2D eigenvalue weighted by atomic mass is 35.5. The molecular weight excluding hydrogens is 332 g/mol. The smallest absolute Gasteiger partial charge is 0.247 e. The first-order chi connectivity index (χ1) is 11.1. The molecule has 0 spiro atoms. The van der Waals surface area contributed by atoms with Gasteiger partial charge in [-0.15, -0.1) is 11.3 Å². The van der Waals surface area contributed by atoms with E-state index < -0.39 is 6.04 Å². The minimum Gasteiger partial charge on any atom is -0.330 e. The normalized spacial score (nSPS) is 17.3. The van der Waals surface area contributed by atoms with Crippen molar-refractivity contribution in [2.75, 3.05) is 11.9 Å². The zero-order valence-corrected chi connectivity index (χ0v) is 14.1. The number of carbonyl (C=O) groups excluding carboxylic acids is 2. The van der Waals surface area contributed by atoms with Crippen LogP contribution in [0.1, 0.15) is 17.7 Å². The topological polar surface area (TPSA) is 49.4 Å². The zero-order valence-electron chi connectivity index (χ0n) is 12.5. The Hall–Kier alpha value is -1.85. The van der Waals surface area contributed by atoms with E-state index in [-0.39, 0.29) is 11.8 Å². The van der Waals surface area contributed by atoms with Crippen molar-refractivity contribution in [3.8, 4) is 0 Å². The summed E-state index contributed by atoms with van der Waals surface area (Å²) in [5, 5.41) is 5.44. The molecule has 23 heavy (non-hydrogen) atoms. The zero-order chi connectivity index (χ0) is 16.2. The van der Waals surface area contributed by atoms with Gasteiger partial charge in [0.15, 0.2) is 0 Å². The highest BCUT2D eigenvalue weighted by Gasteiger charge is 2.33. The van der Waals surface area contributed by atoms with Gasteiger partial charge >= 0.3 is 0 Å². The Morgan fingerprint density at radius 3 is 2.74 bits per heavy atom. The maximum Gasteiger partial charge on any atom is 0.247 e. The molecule has 0 radical (unpaired) electrons. The average molecular weight is 349 g/mol. The molecule has 4 nitrogen and oxygen atoms in total. The molecule has 1 aliphatic rings. The summed E-state index contributed by atoms with van der Waals surface area (Å²) < 4.78 is 0. The van der Waals surface area contributed by atoms with E-state index >= 15 is 0 Å². The number of rotatable bonds is 4. The van der Waals surface area contributed by atoms with Gasteiger partial charge in [-0.1, -0.05) is 17.7 Å². The van der Waals surface area contributed by atoms with E-state index in [9.17, 15) is 9.59 Å². The van der Waals surface area contributed by atoms with Gasteiger partial charge in [-0.25, -0.2) is 0 Å². The molecular formula is C17H17ClN2O2S. The Bertz CT molecular complexity index is 685. The largest absolute Gasteiger partial charge is 0.330 e. The molecule has 0 aliphatic carbocycles. The maximum atomic E-state index is 12.5. The number of nitrogens with one attached hydrogen (secondary N) is 1. The van der Waals surface area contributed by atoms with E-state index in [0.29, 0.717) is 30.1 Å². The molecule has 2 heterocycles. The van der Waals surface area contributed by atoms with Crippen LogP contribution in [0.3, 0.4) is 0 Å². The van der Waals surface area contributed by atoms with Crippen molar-refractivity contribution < 1.29 is 9.59 Å². The van der Waals surface area contributed by atoms with E-state index in [1.807, 2.05) is 17.5 Å². The molecule has 6 heteroatoms. The first-order valence-electron chi connectivity index (χ1n) is 7.52. The summed E-state index contributed by atoms with van der Waals surface area (Å²) in [6.07, 6.45) is 1.92. The molecule has 1 atom stereocenters. The third kappa shape index (κ3) is 3.92. The highest BCUT2D eigenvalue weighted by molar-refractivity contribution is 7.10. The predicted molar refractivity (Wildman–Crippen MR) is 92.8 cm³/mol. The molecule has 1 aromatic heterocycles. The van der Waals surface area contributed by atoms with Crippen LogP contribution in [0.4, 0.5) is 5.69 Å². The number of nitrogens with zero attached hydrogens (tertiary/aromatic N) is 1. The summed E-state index contributed by atoms with van der Waals surface area (Å²) in [6, 6.07) is 10.5. The SMILES string of the molecule is O=C(Nc1ccc(Cl)cc1)[C@@H]1CCCN1C(=O)Cc1cccs1. The highest BCUT2D eigenvalue weighted by Crippen LogP contribution is 2.22. The number of benzene rings is 1. The van der Waals surface area contributed by atoms with Crippen LogP contribution < -0.4 is 5.32 Å². The van der Waals surface area contributed by atoms with E-state index in [2.05, 4.69) is 5.32 Å². The lowest BCUT2D eigenvalue weighted by molar-refractivity contribution is -0.136. The first-order valence-corrected chi connectivity index (χ1v) is 8.77. The van der Waals surface area contributed by atoms with Crippen molar-refractivity contribution in [3.05, 3.63) is 51.7 Å². The van der Waals surface area contributed by atoms with Crippen LogP contribution in [0, 0.1) is 0 Å². The molecule has 0 unspecified atom stereocenters. The number of amides is 2. The van der Waals surface area contributed by atoms with Gasteiger partial charge in [0.05, 0.1) is 6.42 Å². The Labute approximate surface area is 144 Å². The fourth-order valence-corrected chi connectivity index (χ4v) is 3.58. The van der Waals surface area contributed by atoms with Crippen LogP contribution in [0.5, 0.6) is 0 Å². The van der Waals surface area contributed by atoms with Gasteiger partial charge in [0.2, 0.25) is 11.8 Å². The monoisotopic (exact) mass is 348 g/mol. The first kappa shape index (κ1) is 16.0. The van der Waals surface area contributed by atoms with Crippen molar-refractivity contribution in [1.82, 2.24) is 4.90 Å². The summed E-state index contributed by atoms with van der Waals surface area (Å²) in [7, 11) is 0. The second kappa shape index (κ2) is 7.15. The molecule has 1 aromatic carbocycles. The third-order valence-corrected chi connectivity index (χ3v) is 5.02. The minimum atomic E-state index is -0.391. The summed E-state index contributed by atoms with van der Waals surface area (Å²) in [5.41, 5.74) is 0.692. The van der Waals surface area contributed by atoms with Gasteiger partial charge < -0.3 is 10.2 Å². The summed E-state index contributed by atoms with van der Waals surface area (Å²) in [6.45, 7) is 0.642. The van der Waals surface area contributed by atoms with Crippen molar-refractivity contribution in [3.63, 3.8) is 0 Å². The second-order valence-corrected chi connectivity index (χ2v) is 6.97. The van der Waals surface area contributed by atoms with E-state index in [0.717, 1.165) is 11.3 Å². The van der Waals surface area contributed by atoms with Crippen molar-refractivity contribution in [2.45, 2.75) is 25.3 Å². The molecule has 2 amide bonds. The summed E-state index contributed by atoms with van der Waals surface area (Å²) >= 11 is 7.41. The van der Waals surface area contributed by atoms with Gasteiger partial charge in [0.1, 0.15) is 6.04 Å². The lowest BCUT2D eigenvalue weighted by Crippen LogP contribution is -2.43. The number of halogens is 1. The van der Waals surface area contributed by atoms with Crippen LogP contribution >= 0.6 is 22.9 Å². The molecule has 1 fully saturated rings. The number of carbonyl (C=O) groups is 2. The van der Waals surface area contributed by atoms with Gasteiger partial charge in [0.25, 0.3) is 0 Å². The molecule has 0 bridgehead atoms. The number of likely N-dealkylation sites (tertiary alicyclic amines) is 1. The van der Waals surface area contributed by atoms with Crippen LogP contribution in [-0.2, 0) is 16.0 Å². The minimum absolute atomic E-state index is 0.0150. The summed E-state index contributed by atoms with van der Waals surface area (Å²) in [5.74, 6) is -0.120. The standard InChI is InChI=1S/C17H17ClN2O2S/c18-12-5-7-13(8-6-12)19-17(22)15-4-1-9-20(15)16(21)11-14-3-2-10-23-14/h2-3,5-8,10,15H,1,4,9,11H2,(H,19,22)/t15-/m0/s1. The Kier molecular flexibility index (Phi) is 4.98. The molecule has 1 aliphatic heterocycles. The Balaban J connectivity index is 1.64. The predicted octanol–water partition coefficient (Wildman–Crippen LogP) is 3.57. The van der Waals surface area contributed by atoms with Crippen molar-refractivity contribution in [2.24, 2.45) is 0 Å². The van der Waals surface area contributed by atoms with E-state index in [4.69, 9.17) is 11.6 Å². The van der Waals surface area contributed by atoms with E-state index in [1.165, 1.54) is 0 Å². The average Bonchev–Trinajstić information content (AvgIpc) is 3.20. The fourth-order valence-electron chi connectivity index (χ4n) is 2.76. The maximum absolute atomic E-state index is 12.5. The van der Waals surface area contributed by atoms with Gasteiger partial charge in [0, 0.05) is 22.1 Å². The van der Waals surface area contributed by atoms with Crippen LogP contribution in [0.25, 0.3) is 0 Å². The van der Waals surface area contributed by atoms with Gasteiger partial charge in [-0.3, -0.25) is 9.59 Å². The van der Waals surface area contributed by atoms with Crippen LogP contribution in [-0.4, -0.2) is 29.3 Å².